The predicted molar refractivity (Wildman–Crippen MR) is 106 cm³/mol. The van der Waals surface area contributed by atoms with E-state index in [4.69, 9.17) is 15.3 Å². The maximum absolute atomic E-state index is 10.00. The van der Waals surface area contributed by atoms with Gasteiger partial charge in [0.15, 0.2) is 0 Å². The van der Waals surface area contributed by atoms with Crippen LogP contribution in [0.5, 0.6) is 5.75 Å². The summed E-state index contributed by atoms with van der Waals surface area (Å²) in [5.41, 5.74) is 9.21. The maximum atomic E-state index is 10.00. The summed E-state index contributed by atoms with van der Waals surface area (Å²) in [6.45, 7) is 7.52. The number of aryl methyl sites for hydroxylation is 1. The smallest absolute Gasteiger partial charge is 0.233 e. The molecule has 8 nitrogen and oxygen atoms in total. The number of nitrogens with zero attached hydrogens (tertiary/aromatic N) is 1. The molecule has 1 aliphatic rings. The molecule has 0 bridgehead atoms. The van der Waals surface area contributed by atoms with E-state index in [1.165, 1.54) is 0 Å². The summed E-state index contributed by atoms with van der Waals surface area (Å²) < 4.78 is 11.2. The molecule has 0 fully saturated rings. The molecule has 1 unspecified atom stereocenters. The van der Waals surface area contributed by atoms with Crippen molar-refractivity contribution in [1.82, 2.24) is 16.2 Å². The molecule has 148 valence electrons. The Bertz CT molecular complexity index is 711. The Kier molecular flexibility index (Phi) is 8.12. The number of nitrogens with two attached hydrogens (primary N) is 1. The second-order valence-corrected chi connectivity index (χ2v) is 6.42. The van der Waals surface area contributed by atoms with E-state index in [-0.39, 0.29) is 6.61 Å². The van der Waals surface area contributed by atoms with E-state index in [9.17, 15) is 5.11 Å². The van der Waals surface area contributed by atoms with Crippen LogP contribution >= 0.6 is 0 Å². The minimum atomic E-state index is -0.605. The van der Waals surface area contributed by atoms with Gasteiger partial charge in [-0.2, -0.15) is 0 Å². The summed E-state index contributed by atoms with van der Waals surface area (Å²) in [5, 5.41) is 17.3. The summed E-state index contributed by atoms with van der Waals surface area (Å²) >= 11 is 0. The molecule has 0 amide bonds. The third-order valence-electron chi connectivity index (χ3n) is 3.90. The Hall–Kier alpha value is -2.55. The maximum Gasteiger partial charge on any atom is 0.233 e. The number of hydrogen-bond donors (Lipinski definition) is 5. The van der Waals surface area contributed by atoms with Gasteiger partial charge in [0.25, 0.3) is 0 Å². The molecule has 2 rings (SSSR count). The molecule has 0 saturated carbocycles. The highest BCUT2D eigenvalue weighted by molar-refractivity contribution is 5.90. The second kappa shape index (κ2) is 10.6. The van der Waals surface area contributed by atoms with Gasteiger partial charge in [-0.05, 0) is 38.0 Å². The van der Waals surface area contributed by atoms with Gasteiger partial charge in [-0.15, -0.1) is 5.10 Å². The molecule has 1 atom stereocenters. The van der Waals surface area contributed by atoms with Crippen LogP contribution in [0.4, 0.5) is 0 Å². The standard InChI is InChI=1S/C19H29N5O3/c1-13(2)19-16(22-20)10-18(23-24-19)26-9-8-21-11-15(25)12-27-17-7-5-4-6-14(17)3/h4-7,10,15,21-22,24-25H,8-9,11-12,20H2,1-3H3. The van der Waals surface area contributed by atoms with Crippen LogP contribution in [0.25, 0.3) is 0 Å². The number of hydrazone groups is 1. The van der Waals surface area contributed by atoms with Crippen LogP contribution in [0.3, 0.4) is 0 Å². The lowest BCUT2D eigenvalue weighted by Gasteiger charge is -2.19. The Balaban J connectivity index is 1.64. The van der Waals surface area contributed by atoms with Crippen LogP contribution in [-0.2, 0) is 4.74 Å². The molecule has 6 N–H and O–H groups in total. The zero-order chi connectivity index (χ0) is 19.6. The Morgan fingerprint density at radius 2 is 2.07 bits per heavy atom. The first-order chi connectivity index (χ1) is 13.0. The van der Waals surface area contributed by atoms with Crippen molar-refractivity contribution in [2.24, 2.45) is 10.9 Å². The molecule has 0 aliphatic carbocycles. The molecule has 0 spiro atoms. The summed E-state index contributed by atoms with van der Waals surface area (Å²) in [5.74, 6) is 6.76. The molecule has 1 aromatic carbocycles. The zero-order valence-electron chi connectivity index (χ0n) is 16.1. The summed E-state index contributed by atoms with van der Waals surface area (Å²) in [6.07, 6.45) is 1.13. The van der Waals surface area contributed by atoms with E-state index < -0.39 is 6.10 Å². The van der Waals surface area contributed by atoms with Gasteiger partial charge in [-0.3, -0.25) is 11.3 Å². The van der Waals surface area contributed by atoms with Crippen LogP contribution in [0, 0.1) is 6.92 Å². The molecule has 8 heteroatoms. The SMILES string of the molecule is CC(C)=C1NN=C(OCCNCC(O)COc2ccccc2C)C=C1NN. The Morgan fingerprint density at radius 3 is 2.78 bits per heavy atom. The van der Waals surface area contributed by atoms with Crippen molar-refractivity contribution in [2.75, 3.05) is 26.3 Å². The van der Waals surface area contributed by atoms with Gasteiger partial charge in [-0.25, -0.2) is 0 Å². The molecule has 1 aliphatic heterocycles. The Morgan fingerprint density at radius 1 is 1.30 bits per heavy atom. The van der Waals surface area contributed by atoms with Crippen molar-refractivity contribution in [3.8, 4) is 5.75 Å². The first-order valence-electron chi connectivity index (χ1n) is 8.91. The number of para-hydroxylation sites is 1. The zero-order valence-corrected chi connectivity index (χ0v) is 16.1. The van der Waals surface area contributed by atoms with Crippen molar-refractivity contribution >= 4 is 5.90 Å². The van der Waals surface area contributed by atoms with Crippen molar-refractivity contribution in [3.05, 3.63) is 52.9 Å². The van der Waals surface area contributed by atoms with Gasteiger partial charge in [-0.1, -0.05) is 18.2 Å². The molecule has 1 aromatic rings. The van der Waals surface area contributed by atoms with Gasteiger partial charge in [0.1, 0.15) is 25.1 Å². The lowest BCUT2D eigenvalue weighted by Crippen LogP contribution is -2.34. The molecular formula is C19H29N5O3. The van der Waals surface area contributed by atoms with Crippen molar-refractivity contribution in [3.63, 3.8) is 0 Å². The molecular weight excluding hydrogens is 346 g/mol. The van der Waals surface area contributed by atoms with Crippen molar-refractivity contribution in [1.29, 1.82) is 0 Å². The predicted octanol–water partition coefficient (Wildman–Crippen LogP) is 0.899. The van der Waals surface area contributed by atoms with Gasteiger partial charge in [0.2, 0.25) is 5.90 Å². The molecule has 1 heterocycles. The van der Waals surface area contributed by atoms with Crippen LogP contribution < -0.4 is 26.7 Å². The lowest BCUT2D eigenvalue weighted by atomic mass is 10.2. The number of ether oxygens (including phenoxy) is 2. The topological polar surface area (TPSA) is 113 Å². The molecule has 0 radical (unpaired) electrons. The van der Waals surface area contributed by atoms with Crippen LogP contribution in [0.15, 0.2) is 52.4 Å². The van der Waals surface area contributed by atoms with E-state index in [2.05, 4.69) is 21.3 Å². The van der Waals surface area contributed by atoms with E-state index in [1.807, 2.05) is 45.0 Å². The van der Waals surface area contributed by atoms with Crippen molar-refractivity contribution in [2.45, 2.75) is 26.9 Å². The highest BCUT2D eigenvalue weighted by atomic mass is 16.5. The van der Waals surface area contributed by atoms with Crippen LogP contribution in [-0.4, -0.2) is 43.4 Å². The van der Waals surface area contributed by atoms with E-state index in [1.54, 1.807) is 6.08 Å². The minimum absolute atomic E-state index is 0.231. The fourth-order valence-corrected chi connectivity index (χ4v) is 2.43. The second-order valence-electron chi connectivity index (χ2n) is 6.42. The number of aliphatic hydroxyl groups is 1. The number of benzene rings is 1. The highest BCUT2D eigenvalue weighted by Crippen LogP contribution is 2.16. The van der Waals surface area contributed by atoms with Gasteiger partial charge in [0, 0.05) is 19.2 Å². The van der Waals surface area contributed by atoms with Crippen LogP contribution in [0.1, 0.15) is 19.4 Å². The number of nitrogens with one attached hydrogen (secondary N) is 3. The number of aliphatic hydroxyl groups excluding tert-OH is 1. The largest absolute Gasteiger partial charge is 0.491 e. The fourth-order valence-electron chi connectivity index (χ4n) is 2.43. The third kappa shape index (κ3) is 6.59. The highest BCUT2D eigenvalue weighted by Gasteiger charge is 2.13. The average molecular weight is 375 g/mol. The summed E-state index contributed by atoms with van der Waals surface area (Å²) in [4.78, 5) is 0. The normalized spacial score (nSPS) is 14.6. The van der Waals surface area contributed by atoms with E-state index in [0.29, 0.717) is 25.6 Å². The van der Waals surface area contributed by atoms with Crippen LogP contribution in [0.2, 0.25) is 0 Å². The monoisotopic (exact) mass is 375 g/mol. The average Bonchev–Trinajstić information content (AvgIpc) is 2.66. The Labute approximate surface area is 160 Å². The number of hydrazine groups is 1. The minimum Gasteiger partial charge on any atom is -0.491 e. The van der Waals surface area contributed by atoms with E-state index in [0.717, 1.165) is 28.3 Å². The molecule has 0 saturated heterocycles. The number of rotatable bonds is 9. The van der Waals surface area contributed by atoms with Crippen molar-refractivity contribution < 1.29 is 14.6 Å². The third-order valence-corrected chi connectivity index (χ3v) is 3.90. The quantitative estimate of drug-likeness (QED) is 0.248. The van der Waals surface area contributed by atoms with Gasteiger partial charge in [0.05, 0.1) is 11.4 Å². The number of hydrogen-bond acceptors (Lipinski definition) is 8. The van der Waals surface area contributed by atoms with Gasteiger partial charge < -0.3 is 25.3 Å². The first-order valence-corrected chi connectivity index (χ1v) is 8.91. The molecule has 27 heavy (non-hydrogen) atoms. The number of allylic oxidation sites excluding steroid dienone is 1. The summed E-state index contributed by atoms with van der Waals surface area (Å²) in [6, 6.07) is 7.73. The lowest BCUT2D eigenvalue weighted by molar-refractivity contribution is 0.105. The fraction of sp³-hybridized carbons (Fsp3) is 0.421. The van der Waals surface area contributed by atoms with Gasteiger partial charge >= 0.3 is 0 Å². The first kappa shape index (κ1) is 20.8. The molecule has 0 aromatic heterocycles. The summed E-state index contributed by atoms with van der Waals surface area (Å²) in [7, 11) is 0. The van der Waals surface area contributed by atoms with E-state index >= 15 is 0 Å².